The van der Waals surface area contributed by atoms with Crippen molar-refractivity contribution in [3.05, 3.63) is 79.9 Å². The lowest BCUT2D eigenvalue weighted by Crippen LogP contribution is -2.13. The van der Waals surface area contributed by atoms with E-state index >= 15 is 0 Å². The van der Waals surface area contributed by atoms with Crippen LogP contribution in [0.5, 0.6) is 0 Å². The zero-order valence-electron chi connectivity index (χ0n) is 11.6. The number of non-ortho nitro benzene ring substituents is 1. The van der Waals surface area contributed by atoms with Gasteiger partial charge in [0.25, 0.3) is 5.69 Å². The fourth-order valence-corrected chi connectivity index (χ4v) is 2.77. The maximum Gasteiger partial charge on any atom is 0.270 e. The average Bonchev–Trinajstić information content (AvgIpc) is 2.52. The van der Waals surface area contributed by atoms with Crippen molar-refractivity contribution in [3.63, 3.8) is 0 Å². The van der Waals surface area contributed by atoms with Gasteiger partial charge >= 0.3 is 0 Å². The van der Waals surface area contributed by atoms with E-state index < -0.39 is 4.92 Å². The number of carbonyl (C=O) groups excluding carboxylic acids is 1. The van der Waals surface area contributed by atoms with Crippen LogP contribution in [-0.4, -0.2) is 10.7 Å². The average molecular weight is 314 g/mol. The molecule has 0 heterocycles. The number of hydrogen-bond donors (Lipinski definition) is 0. The number of benzene rings is 2. The zero-order chi connectivity index (χ0) is 15.7. The Hall–Kier alpha value is -2.46. The first kappa shape index (κ1) is 14.5. The molecular weight excluding hydrogens is 302 g/mol. The lowest BCUT2D eigenvalue weighted by Gasteiger charge is -2.17. The van der Waals surface area contributed by atoms with Gasteiger partial charge in [0.2, 0.25) is 0 Å². The molecule has 0 saturated heterocycles. The van der Waals surface area contributed by atoms with Crippen LogP contribution in [0, 0.1) is 10.1 Å². The second-order valence-electron chi connectivity index (χ2n) is 5.12. The number of allylic oxidation sites excluding steroid dienone is 1. The van der Waals surface area contributed by atoms with E-state index in [0.29, 0.717) is 28.1 Å². The summed E-state index contributed by atoms with van der Waals surface area (Å²) in [5.74, 6) is -0.0376. The Balaban J connectivity index is 2.02. The number of ketones is 1. The molecule has 0 fully saturated rings. The highest BCUT2D eigenvalue weighted by Crippen LogP contribution is 2.29. The van der Waals surface area contributed by atoms with Crippen LogP contribution in [-0.2, 0) is 6.42 Å². The number of hydrogen-bond acceptors (Lipinski definition) is 3. The molecule has 3 rings (SSSR count). The molecular formula is C17H12ClNO3. The second-order valence-corrected chi connectivity index (χ2v) is 5.53. The molecule has 2 aromatic rings. The van der Waals surface area contributed by atoms with Gasteiger partial charge in [0.1, 0.15) is 0 Å². The molecule has 0 aliphatic heterocycles. The van der Waals surface area contributed by atoms with E-state index in [1.54, 1.807) is 12.1 Å². The van der Waals surface area contributed by atoms with Crippen LogP contribution in [0.15, 0.2) is 48.0 Å². The van der Waals surface area contributed by atoms with Gasteiger partial charge in [0, 0.05) is 33.9 Å². The monoisotopic (exact) mass is 313 g/mol. The lowest BCUT2D eigenvalue weighted by molar-refractivity contribution is -0.384. The van der Waals surface area contributed by atoms with E-state index in [1.165, 1.54) is 18.2 Å². The molecule has 0 radical (unpaired) electrons. The van der Waals surface area contributed by atoms with E-state index in [4.69, 9.17) is 11.6 Å². The van der Waals surface area contributed by atoms with E-state index in [1.807, 2.05) is 18.2 Å². The fourth-order valence-electron chi connectivity index (χ4n) is 2.60. The minimum Gasteiger partial charge on any atom is -0.289 e. The molecule has 4 nitrogen and oxygen atoms in total. The fraction of sp³-hybridized carbons (Fsp3) is 0.118. The maximum atomic E-state index is 12.5. The van der Waals surface area contributed by atoms with Crippen molar-refractivity contribution < 1.29 is 9.72 Å². The summed E-state index contributed by atoms with van der Waals surface area (Å²) in [4.78, 5) is 22.9. The Morgan fingerprint density at radius 1 is 1.14 bits per heavy atom. The summed E-state index contributed by atoms with van der Waals surface area (Å²) >= 11 is 6.09. The number of nitrogens with zero attached hydrogens (tertiary/aromatic N) is 1. The third kappa shape index (κ3) is 2.65. The summed E-state index contributed by atoms with van der Waals surface area (Å²) in [5, 5.41) is 11.3. The van der Waals surface area contributed by atoms with Crippen molar-refractivity contribution >= 4 is 29.1 Å². The van der Waals surface area contributed by atoms with Crippen LogP contribution >= 0.6 is 11.6 Å². The topological polar surface area (TPSA) is 60.2 Å². The van der Waals surface area contributed by atoms with Crippen molar-refractivity contribution in [2.24, 2.45) is 0 Å². The third-order valence-electron chi connectivity index (χ3n) is 3.74. The molecule has 0 N–H and O–H groups in total. The molecule has 1 aliphatic rings. The highest BCUT2D eigenvalue weighted by atomic mass is 35.5. The summed E-state index contributed by atoms with van der Waals surface area (Å²) in [6.07, 6.45) is 3.04. The molecule has 22 heavy (non-hydrogen) atoms. The Bertz CT molecular complexity index is 811. The van der Waals surface area contributed by atoms with E-state index in [-0.39, 0.29) is 11.5 Å². The van der Waals surface area contributed by atoms with E-state index in [0.717, 1.165) is 12.0 Å². The minimum absolute atomic E-state index is 0.0376. The number of fused-ring (bicyclic) bond motifs is 1. The van der Waals surface area contributed by atoms with Gasteiger partial charge in [-0.25, -0.2) is 0 Å². The van der Waals surface area contributed by atoms with Gasteiger partial charge in [-0.2, -0.15) is 0 Å². The molecule has 110 valence electrons. The first-order valence-electron chi connectivity index (χ1n) is 6.83. The summed E-state index contributed by atoms with van der Waals surface area (Å²) in [5.41, 5.74) is 2.82. The second kappa shape index (κ2) is 5.73. The Morgan fingerprint density at radius 3 is 2.68 bits per heavy atom. The minimum atomic E-state index is -0.476. The van der Waals surface area contributed by atoms with Crippen LogP contribution in [0.3, 0.4) is 0 Å². The van der Waals surface area contributed by atoms with Crippen LogP contribution < -0.4 is 0 Å². The summed E-state index contributed by atoms with van der Waals surface area (Å²) in [7, 11) is 0. The SMILES string of the molecule is O=C1C(=Cc2cc([N+](=O)[O-])ccc2Cl)CCc2ccccc21. The quantitative estimate of drug-likeness (QED) is 0.467. The van der Waals surface area contributed by atoms with Gasteiger partial charge in [0.15, 0.2) is 5.78 Å². The summed E-state index contributed by atoms with van der Waals surface area (Å²) in [6.45, 7) is 0. The summed E-state index contributed by atoms with van der Waals surface area (Å²) < 4.78 is 0. The number of carbonyl (C=O) groups is 1. The smallest absolute Gasteiger partial charge is 0.270 e. The van der Waals surface area contributed by atoms with Gasteiger partial charge in [-0.1, -0.05) is 35.9 Å². The van der Waals surface area contributed by atoms with E-state index in [9.17, 15) is 14.9 Å². The predicted molar refractivity (Wildman–Crippen MR) is 85.2 cm³/mol. The third-order valence-corrected chi connectivity index (χ3v) is 4.08. The molecule has 5 heteroatoms. The van der Waals surface area contributed by atoms with Gasteiger partial charge in [-0.3, -0.25) is 14.9 Å². The van der Waals surface area contributed by atoms with Crippen molar-refractivity contribution in [1.29, 1.82) is 0 Å². The van der Waals surface area contributed by atoms with Gasteiger partial charge in [-0.15, -0.1) is 0 Å². The van der Waals surface area contributed by atoms with Gasteiger partial charge < -0.3 is 0 Å². The number of nitro benzene ring substituents is 1. The molecule has 2 aromatic carbocycles. The first-order valence-corrected chi connectivity index (χ1v) is 7.21. The largest absolute Gasteiger partial charge is 0.289 e. The molecule has 0 unspecified atom stereocenters. The number of rotatable bonds is 2. The number of halogens is 1. The van der Waals surface area contributed by atoms with Crippen LogP contribution in [0.2, 0.25) is 5.02 Å². The molecule has 0 bridgehead atoms. The maximum absolute atomic E-state index is 12.5. The predicted octanol–water partition coefficient (Wildman–Crippen LogP) is 4.46. The van der Waals surface area contributed by atoms with Crippen molar-refractivity contribution in [2.45, 2.75) is 12.8 Å². The van der Waals surface area contributed by atoms with Crippen LogP contribution in [0.4, 0.5) is 5.69 Å². The molecule has 0 spiro atoms. The molecule has 0 atom stereocenters. The standard InChI is InChI=1S/C17H12ClNO3/c18-16-8-7-14(19(21)22)10-13(16)9-12-6-5-11-3-1-2-4-15(11)17(12)20/h1-4,7-10H,5-6H2. The highest BCUT2D eigenvalue weighted by Gasteiger charge is 2.21. The Labute approximate surface area is 132 Å². The van der Waals surface area contributed by atoms with Crippen LogP contribution in [0.1, 0.15) is 27.9 Å². The lowest BCUT2D eigenvalue weighted by atomic mass is 9.86. The van der Waals surface area contributed by atoms with Crippen LogP contribution in [0.25, 0.3) is 6.08 Å². The zero-order valence-corrected chi connectivity index (χ0v) is 12.3. The number of Topliss-reactive ketones (excluding diaryl/α,β-unsaturated/α-hetero) is 1. The molecule has 0 saturated carbocycles. The van der Waals surface area contributed by atoms with Crippen molar-refractivity contribution in [2.75, 3.05) is 0 Å². The molecule has 1 aliphatic carbocycles. The number of nitro groups is 1. The molecule has 0 aromatic heterocycles. The van der Waals surface area contributed by atoms with Gasteiger partial charge in [0.05, 0.1) is 4.92 Å². The van der Waals surface area contributed by atoms with Crippen molar-refractivity contribution in [1.82, 2.24) is 0 Å². The number of aryl methyl sites for hydroxylation is 1. The Kier molecular flexibility index (Phi) is 3.77. The summed E-state index contributed by atoms with van der Waals surface area (Å²) in [6, 6.07) is 11.7. The molecule has 0 amide bonds. The Morgan fingerprint density at radius 2 is 1.91 bits per heavy atom. The normalized spacial score (nSPS) is 15.7. The van der Waals surface area contributed by atoms with Gasteiger partial charge in [-0.05, 0) is 30.5 Å². The van der Waals surface area contributed by atoms with E-state index in [2.05, 4.69) is 0 Å². The van der Waals surface area contributed by atoms with Crippen molar-refractivity contribution in [3.8, 4) is 0 Å². The highest BCUT2D eigenvalue weighted by molar-refractivity contribution is 6.32. The first-order chi connectivity index (χ1) is 10.6.